The van der Waals surface area contributed by atoms with Crippen molar-refractivity contribution in [2.75, 3.05) is 36.4 Å². The lowest BCUT2D eigenvalue weighted by atomic mass is 9.97. The van der Waals surface area contributed by atoms with Crippen molar-refractivity contribution in [1.82, 2.24) is 24.0 Å². The Kier molecular flexibility index (Phi) is 8.25. The molecular weight excluding hydrogens is 579 g/mol. The van der Waals surface area contributed by atoms with Gasteiger partial charge in [0, 0.05) is 50.6 Å². The molecule has 1 aliphatic heterocycles. The number of anilines is 2. The van der Waals surface area contributed by atoms with E-state index in [4.69, 9.17) is 17.3 Å². The minimum absolute atomic E-state index is 0.114. The molecular formula is C29H30ClFN8O4. The zero-order valence-electron chi connectivity index (χ0n) is 23.8. The van der Waals surface area contributed by atoms with Gasteiger partial charge in [-0.3, -0.25) is 19.3 Å². The molecule has 2 atom stereocenters. The number of nitrogens with zero attached hydrogens (tertiary/aromatic N) is 6. The van der Waals surface area contributed by atoms with Crippen molar-refractivity contribution in [3.8, 4) is 11.8 Å². The minimum atomic E-state index is -1.23. The van der Waals surface area contributed by atoms with Gasteiger partial charge in [-0.1, -0.05) is 24.4 Å². The largest absolute Gasteiger partial charge is 0.504 e. The van der Waals surface area contributed by atoms with E-state index in [0.717, 1.165) is 26.2 Å². The maximum atomic E-state index is 14.3. The van der Waals surface area contributed by atoms with Crippen molar-refractivity contribution in [3.05, 3.63) is 69.0 Å². The first kappa shape index (κ1) is 29.8. The van der Waals surface area contributed by atoms with Gasteiger partial charge in [0.15, 0.2) is 5.76 Å². The van der Waals surface area contributed by atoms with Crippen LogP contribution in [0.1, 0.15) is 25.3 Å². The lowest BCUT2D eigenvalue weighted by Gasteiger charge is -2.40. The highest BCUT2D eigenvalue weighted by Crippen LogP contribution is 2.31. The van der Waals surface area contributed by atoms with Crippen LogP contribution < -0.4 is 21.5 Å². The number of aliphatic hydroxyl groups is 1. The number of hydrogen-bond donors (Lipinski definition) is 3. The normalized spacial score (nSPS) is 19.1. The fraction of sp³-hybridized carbons (Fsp3) is 0.345. The molecule has 3 aromatic heterocycles. The van der Waals surface area contributed by atoms with Gasteiger partial charge in [0.25, 0.3) is 11.5 Å². The van der Waals surface area contributed by atoms with Crippen LogP contribution in [0.5, 0.6) is 0 Å². The number of aliphatic hydroxyl groups excluding tert-OH is 1. The summed E-state index contributed by atoms with van der Waals surface area (Å²) in [5, 5.41) is 13.3. The number of piperazine rings is 1. The van der Waals surface area contributed by atoms with E-state index < -0.39 is 40.5 Å². The zero-order chi connectivity index (χ0) is 31.0. The number of nitrogens with two attached hydrogens (primary N) is 1. The third kappa shape index (κ3) is 5.84. The first-order chi connectivity index (χ1) is 20.5. The quantitative estimate of drug-likeness (QED) is 0.345. The number of aryl methyl sites for hydroxylation is 1. The van der Waals surface area contributed by atoms with Crippen molar-refractivity contribution in [2.45, 2.75) is 32.4 Å². The summed E-state index contributed by atoms with van der Waals surface area (Å²) >= 11 is 6.40. The molecule has 12 nitrogen and oxygen atoms in total. The van der Waals surface area contributed by atoms with Crippen molar-refractivity contribution >= 4 is 46.0 Å². The molecule has 0 radical (unpaired) electrons. The van der Waals surface area contributed by atoms with Gasteiger partial charge in [-0.05, 0) is 25.5 Å². The molecule has 1 aliphatic carbocycles. The number of aromatic nitrogens is 4. The second-order valence-electron chi connectivity index (χ2n) is 10.4. The number of carbonyl (C=O) groups excluding carboxylic acids is 2. The monoisotopic (exact) mass is 608 g/mol. The Morgan fingerprint density at radius 2 is 2.07 bits per heavy atom. The Balaban J connectivity index is 1.46. The van der Waals surface area contributed by atoms with Gasteiger partial charge in [-0.25, -0.2) is 9.97 Å². The van der Waals surface area contributed by atoms with Crippen LogP contribution in [0, 0.1) is 11.8 Å². The van der Waals surface area contributed by atoms with Crippen LogP contribution in [-0.2, 0) is 23.2 Å². The summed E-state index contributed by atoms with van der Waals surface area (Å²) in [5.74, 6) is 0.709. The van der Waals surface area contributed by atoms with Crippen LogP contribution in [0.2, 0.25) is 5.02 Å². The topological polar surface area (TPSA) is 152 Å². The molecule has 14 heteroatoms. The number of fused-ring (bicyclic) bond motifs is 1. The average molecular weight is 609 g/mol. The number of hydrogen-bond acceptors (Lipinski definition) is 8. The fourth-order valence-corrected chi connectivity index (χ4v) is 5.46. The van der Waals surface area contributed by atoms with Crippen molar-refractivity contribution in [3.63, 3.8) is 0 Å². The molecule has 2 amide bonds. The Morgan fingerprint density at radius 3 is 2.77 bits per heavy atom. The first-order valence-electron chi connectivity index (χ1n) is 13.6. The zero-order valence-corrected chi connectivity index (χ0v) is 24.5. The Labute approximate surface area is 251 Å². The molecule has 0 spiro atoms. The van der Waals surface area contributed by atoms with Gasteiger partial charge in [0.05, 0.1) is 40.1 Å². The summed E-state index contributed by atoms with van der Waals surface area (Å²) in [4.78, 5) is 51.8. The van der Waals surface area contributed by atoms with Gasteiger partial charge in [0.1, 0.15) is 18.0 Å². The lowest BCUT2D eigenvalue weighted by molar-refractivity contribution is -0.117. The number of amides is 2. The number of allylic oxidation sites excluding steroid dienone is 2. The Bertz CT molecular complexity index is 1820. The van der Waals surface area contributed by atoms with Crippen LogP contribution in [0.3, 0.4) is 0 Å². The summed E-state index contributed by atoms with van der Waals surface area (Å²) in [6.45, 7) is 7.52. The summed E-state index contributed by atoms with van der Waals surface area (Å²) < 4.78 is 17.0. The summed E-state index contributed by atoms with van der Waals surface area (Å²) in [6, 6.07) is 1.95. The predicted octanol–water partition coefficient (Wildman–Crippen LogP) is 2.20. The number of likely N-dealkylation sites (N-methyl/N-ethyl adjacent to an activating group) is 1. The van der Waals surface area contributed by atoms with Crippen LogP contribution in [0.4, 0.5) is 15.9 Å². The minimum Gasteiger partial charge on any atom is -0.504 e. The third-order valence-electron chi connectivity index (χ3n) is 7.58. The molecule has 0 aromatic carbocycles. The molecule has 2 aliphatic rings. The lowest BCUT2D eigenvalue weighted by Crippen LogP contribution is -2.52. The average Bonchev–Trinajstić information content (AvgIpc) is 3.25. The van der Waals surface area contributed by atoms with Crippen LogP contribution in [0.15, 0.2) is 52.8 Å². The van der Waals surface area contributed by atoms with E-state index >= 15 is 0 Å². The van der Waals surface area contributed by atoms with E-state index in [-0.39, 0.29) is 34.2 Å². The van der Waals surface area contributed by atoms with Crippen molar-refractivity contribution in [2.24, 2.45) is 12.8 Å². The number of pyridine rings is 1. The van der Waals surface area contributed by atoms with E-state index in [0.29, 0.717) is 11.5 Å². The first-order valence-corrected chi connectivity index (χ1v) is 14.0. The number of nitrogens with one attached hydrogen (secondary N) is 1. The Hall–Kier alpha value is -4.67. The van der Waals surface area contributed by atoms with Gasteiger partial charge in [-0.2, -0.15) is 4.39 Å². The molecule has 3 aromatic rings. The number of halogens is 2. The van der Waals surface area contributed by atoms with E-state index in [2.05, 4.69) is 50.8 Å². The smallest absolute Gasteiger partial charge is 0.262 e. The maximum absolute atomic E-state index is 14.3. The van der Waals surface area contributed by atoms with Gasteiger partial charge >= 0.3 is 0 Å². The van der Waals surface area contributed by atoms with Crippen LogP contribution >= 0.6 is 11.6 Å². The molecule has 5 rings (SSSR count). The molecule has 4 heterocycles. The van der Waals surface area contributed by atoms with Crippen molar-refractivity contribution < 1.29 is 19.1 Å². The molecule has 4 N–H and O–H groups in total. The van der Waals surface area contributed by atoms with Crippen molar-refractivity contribution in [1.29, 1.82) is 0 Å². The molecule has 0 saturated carbocycles. The molecule has 224 valence electrons. The molecule has 0 bridgehead atoms. The highest BCUT2D eigenvalue weighted by Gasteiger charge is 2.27. The highest BCUT2D eigenvalue weighted by atomic mass is 35.5. The summed E-state index contributed by atoms with van der Waals surface area (Å²) in [7, 11) is 1.51. The fourth-order valence-electron chi connectivity index (χ4n) is 5.31. The van der Waals surface area contributed by atoms with E-state index in [1.165, 1.54) is 41.0 Å². The van der Waals surface area contributed by atoms with E-state index in [1.54, 1.807) is 6.07 Å². The number of primary amides is 1. The summed E-state index contributed by atoms with van der Waals surface area (Å²) in [6.07, 6.45) is 5.48. The molecule has 1 fully saturated rings. The van der Waals surface area contributed by atoms with E-state index in [9.17, 15) is 23.9 Å². The molecule has 1 saturated heterocycles. The number of rotatable bonds is 7. The summed E-state index contributed by atoms with van der Waals surface area (Å²) in [5.41, 5.74) is 5.22. The van der Waals surface area contributed by atoms with Gasteiger partial charge < -0.3 is 30.2 Å². The second kappa shape index (κ2) is 11.9. The highest BCUT2D eigenvalue weighted by molar-refractivity contribution is 6.33. The second-order valence-corrected chi connectivity index (χ2v) is 10.8. The SMILES string of the molecule is CCN1CCN(c2cc(NC(=O)Cn3cc(C4C#CC(F)=C(O)C(C(N)=O)=C4)c4c(=O)n(C)cnc43)c(Cl)cn2)[C@@H](C)C1. The predicted molar refractivity (Wildman–Crippen MR) is 160 cm³/mol. The molecule has 43 heavy (non-hydrogen) atoms. The van der Waals surface area contributed by atoms with Crippen LogP contribution in [-0.4, -0.2) is 73.1 Å². The third-order valence-corrected chi connectivity index (χ3v) is 7.88. The standard InChI is InChI=1S/C29H30ClFN8O4/c1-4-37-7-8-39(16(2)12-37)23-10-22(20(30)11-33-23)35-24(40)14-38-13-19(25-28(38)34-15-36(3)29(25)43)17-5-6-21(31)26(41)18(9-17)27(32)42/h9-11,13,15-17,41H,4,7-8,12,14H2,1-3H3,(H2,32,42)(H,33,35,40)/t16-,17?/m0/s1. The maximum Gasteiger partial charge on any atom is 0.262 e. The Morgan fingerprint density at radius 1 is 1.30 bits per heavy atom. The van der Waals surface area contributed by atoms with Gasteiger partial charge in [-0.15, -0.1) is 0 Å². The van der Waals surface area contributed by atoms with Crippen LogP contribution in [0.25, 0.3) is 11.0 Å². The van der Waals surface area contributed by atoms with E-state index in [1.807, 2.05) is 0 Å². The van der Waals surface area contributed by atoms with Gasteiger partial charge in [0.2, 0.25) is 11.7 Å². The molecule has 1 unspecified atom stereocenters. The number of carbonyl (C=O) groups is 2.